The van der Waals surface area contributed by atoms with Gasteiger partial charge in [-0.25, -0.2) is 5.32 Å². The van der Waals surface area contributed by atoms with Gasteiger partial charge in [-0.1, -0.05) is 35.9 Å². The van der Waals surface area contributed by atoms with Gasteiger partial charge in [-0.05, 0) is 44.0 Å². The van der Waals surface area contributed by atoms with E-state index in [2.05, 4.69) is 10.3 Å². The summed E-state index contributed by atoms with van der Waals surface area (Å²) in [4.78, 5) is 4.33. The number of nitriles is 1. The molecule has 4 nitrogen and oxygen atoms in total. The highest BCUT2D eigenvalue weighted by Gasteiger charge is 2.08. The number of hydrogen-bond acceptors (Lipinski definition) is 3. The Morgan fingerprint density at radius 1 is 1.05 bits per heavy atom. The molecule has 1 N–H and O–H groups in total. The average molecular weight is 279 g/mol. The minimum atomic E-state index is 0.166. The molecular weight excluding hydrogens is 262 g/mol. The molecule has 0 aliphatic carbocycles. The minimum Gasteiger partial charge on any atom is -0.425 e. The van der Waals surface area contributed by atoms with E-state index in [1.54, 1.807) is 0 Å². The molecule has 0 spiro atoms. The maximum absolute atomic E-state index is 8.85. The van der Waals surface area contributed by atoms with Gasteiger partial charge in [-0.3, -0.25) is 0 Å². The highest BCUT2D eigenvalue weighted by atomic mass is 16.5. The van der Waals surface area contributed by atoms with Crippen LogP contribution in [0.2, 0.25) is 0 Å². The number of nitrogens with one attached hydrogen (secondary N) is 1. The molecule has 0 fully saturated rings. The van der Waals surface area contributed by atoms with Gasteiger partial charge in [0.25, 0.3) is 0 Å². The number of benzene rings is 2. The first-order valence-corrected chi connectivity index (χ1v) is 6.64. The normalized spacial score (nSPS) is 10.9. The molecule has 0 saturated heterocycles. The molecule has 0 amide bonds. The summed E-state index contributed by atoms with van der Waals surface area (Å²) >= 11 is 0. The van der Waals surface area contributed by atoms with Gasteiger partial charge in [0.1, 0.15) is 5.75 Å². The van der Waals surface area contributed by atoms with Crippen molar-refractivity contribution in [3.63, 3.8) is 0 Å². The zero-order valence-corrected chi connectivity index (χ0v) is 12.3. The minimum absolute atomic E-state index is 0.166. The standard InChI is InChI=1S/C17H17N3O/c1-12-7-9-15(10-8-12)20-17(19-11-18)21-16-13(2)5-4-6-14(16)3/h4-10H,1-3H3,(H,19,20). The van der Waals surface area contributed by atoms with Crippen molar-refractivity contribution in [1.82, 2.24) is 5.32 Å². The van der Waals surface area contributed by atoms with Gasteiger partial charge in [-0.2, -0.15) is 10.3 Å². The number of rotatable bonds is 2. The predicted octanol–water partition coefficient (Wildman–Crippen LogP) is 3.75. The van der Waals surface area contributed by atoms with Crippen LogP contribution in [0.4, 0.5) is 5.69 Å². The monoisotopic (exact) mass is 279 g/mol. The Kier molecular flexibility index (Phi) is 4.57. The molecule has 2 aromatic rings. The Labute approximate surface area is 124 Å². The molecule has 0 unspecified atom stereocenters. The molecule has 0 aliphatic rings. The van der Waals surface area contributed by atoms with Gasteiger partial charge in [0, 0.05) is 0 Å². The maximum atomic E-state index is 8.85. The predicted molar refractivity (Wildman–Crippen MR) is 83.6 cm³/mol. The molecule has 106 valence electrons. The van der Waals surface area contributed by atoms with Crippen LogP contribution in [0.5, 0.6) is 5.75 Å². The SMILES string of the molecule is Cc1ccc(N=C(NC#N)Oc2c(C)cccc2C)cc1. The largest absolute Gasteiger partial charge is 0.425 e. The van der Waals surface area contributed by atoms with Crippen molar-refractivity contribution in [2.45, 2.75) is 20.8 Å². The molecule has 0 saturated carbocycles. The first-order valence-electron chi connectivity index (χ1n) is 6.64. The molecule has 0 bridgehead atoms. The van der Waals surface area contributed by atoms with Crippen molar-refractivity contribution in [2.24, 2.45) is 4.99 Å². The van der Waals surface area contributed by atoms with Crippen LogP contribution in [-0.2, 0) is 0 Å². The van der Waals surface area contributed by atoms with E-state index in [-0.39, 0.29) is 6.02 Å². The second kappa shape index (κ2) is 6.58. The number of nitrogens with zero attached hydrogens (tertiary/aromatic N) is 2. The molecule has 0 atom stereocenters. The van der Waals surface area contributed by atoms with E-state index in [0.29, 0.717) is 5.75 Å². The van der Waals surface area contributed by atoms with E-state index < -0.39 is 0 Å². The van der Waals surface area contributed by atoms with Gasteiger partial charge in [0.2, 0.25) is 0 Å². The average Bonchev–Trinajstić information content (AvgIpc) is 2.45. The second-order valence-corrected chi connectivity index (χ2v) is 4.81. The van der Waals surface area contributed by atoms with E-state index in [4.69, 9.17) is 10.00 Å². The molecule has 0 aliphatic heterocycles. The van der Waals surface area contributed by atoms with Gasteiger partial charge in [-0.15, -0.1) is 0 Å². The molecule has 0 heterocycles. The third-order valence-electron chi connectivity index (χ3n) is 3.03. The molecule has 4 heteroatoms. The summed E-state index contributed by atoms with van der Waals surface area (Å²) in [6, 6.07) is 13.7. The number of aliphatic imine (C=N–C) groups is 1. The lowest BCUT2D eigenvalue weighted by Crippen LogP contribution is -2.24. The Morgan fingerprint density at radius 2 is 1.67 bits per heavy atom. The third-order valence-corrected chi connectivity index (χ3v) is 3.03. The van der Waals surface area contributed by atoms with E-state index in [9.17, 15) is 0 Å². The number of aryl methyl sites for hydroxylation is 3. The van der Waals surface area contributed by atoms with E-state index in [0.717, 1.165) is 22.4 Å². The fourth-order valence-corrected chi connectivity index (χ4v) is 1.92. The lowest BCUT2D eigenvalue weighted by Gasteiger charge is -2.11. The number of ether oxygens (including phenoxy) is 1. The van der Waals surface area contributed by atoms with Gasteiger partial charge < -0.3 is 4.74 Å². The quantitative estimate of drug-likeness (QED) is 0.394. The zero-order chi connectivity index (χ0) is 15.2. The van der Waals surface area contributed by atoms with Crippen LogP contribution in [-0.4, -0.2) is 6.02 Å². The first-order chi connectivity index (χ1) is 10.1. The first kappa shape index (κ1) is 14.6. The van der Waals surface area contributed by atoms with Gasteiger partial charge in [0.05, 0.1) is 5.69 Å². The highest BCUT2D eigenvalue weighted by Crippen LogP contribution is 2.23. The van der Waals surface area contributed by atoms with Crippen molar-refractivity contribution < 1.29 is 4.74 Å². The summed E-state index contributed by atoms with van der Waals surface area (Å²) in [5, 5.41) is 11.3. The summed E-state index contributed by atoms with van der Waals surface area (Å²) in [5.74, 6) is 0.714. The van der Waals surface area contributed by atoms with Crippen LogP contribution in [0.25, 0.3) is 0 Å². The summed E-state index contributed by atoms with van der Waals surface area (Å²) < 4.78 is 5.77. The smallest absolute Gasteiger partial charge is 0.309 e. The summed E-state index contributed by atoms with van der Waals surface area (Å²) in [5.41, 5.74) is 3.86. The number of hydrogen-bond donors (Lipinski definition) is 1. The second-order valence-electron chi connectivity index (χ2n) is 4.81. The number of para-hydroxylation sites is 1. The van der Waals surface area contributed by atoms with Crippen LogP contribution < -0.4 is 10.1 Å². The Morgan fingerprint density at radius 3 is 2.24 bits per heavy atom. The van der Waals surface area contributed by atoms with Crippen LogP contribution in [0.3, 0.4) is 0 Å². The van der Waals surface area contributed by atoms with Gasteiger partial charge in [0.15, 0.2) is 6.19 Å². The van der Waals surface area contributed by atoms with E-state index in [1.165, 1.54) is 0 Å². The van der Waals surface area contributed by atoms with Crippen molar-refractivity contribution in [1.29, 1.82) is 5.26 Å². The summed E-state index contributed by atoms with van der Waals surface area (Å²) in [6.07, 6.45) is 1.85. The molecule has 21 heavy (non-hydrogen) atoms. The van der Waals surface area contributed by atoms with Crippen molar-refractivity contribution in [3.8, 4) is 11.9 Å². The highest BCUT2D eigenvalue weighted by molar-refractivity contribution is 5.81. The van der Waals surface area contributed by atoms with Crippen LogP contribution in [0.15, 0.2) is 47.5 Å². The summed E-state index contributed by atoms with van der Waals surface area (Å²) in [6.45, 7) is 5.92. The van der Waals surface area contributed by atoms with Crippen molar-refractivity contribution in [2.75, 3.05) is 0 Å². The van der Waals surface area contributed by atoms with Crippen LogP contribution >= 0.6 is 0 Å². The number of amidine groups is 1. The Hall–Kier alpha value is -2.80. The molecule has 0 aromatic heterocycles. The van der Waals surface area contributed by atoms with Gasteiger partial charge >= 0.3 is 6.02 Å². The lowest BCUT2D eigenvalue weighted by molar-refractivity contribution is 0.523. The maximum Gasteiger partial charge on any atom is 0.309 e. The fraction of sp³-hybridized carbons (Fsp3) is 0.176. The molecular formula is C17H17N3O. The van der Waals surface area contributed by atoms with E-state index in [1.807, 2.05) is 69.4 Å². The molecule has 0 radical (unpaired) electrons. The topological polar surface area (TPSA) is 57.4 Å². The Balaban J connectivity index is 2.31. The Bertz CT molecular complexity index is 677. The van der Waals surface area contributed by atoms with Crippen LogP contribution in [0, 0.1) is 32.2 Å². The zero-order valence-electron chi connectivity index (χ0n) is 12.3. The third kappa shape index (κ3) is 3.83. The molecule has 2 aromatic carbocycles. The van der Waals surface area contributed by atoms with Crippen molar-refractivity contribution >= 4 is 11.7 Å². The molecule has 2 rings (SSSR count). The van der Waals surface area contributed by atoms with E-state index >= 15 is 0 Å². The van der Waals surface area contributed by atoms with Crippen LogP contribution in [0.1, 0.15) is 16.7 Å². The van der Waals surface area contributed by atoms with Crippen molar-refractivity contribution in [3.05, 3.63) is 59.2 Å². The fourth-order valence-electron chi connectivity index (χ4n) is 1.92. The summed E-state index contributed by atoms with van der Waals surface area (Å²) in [7, 11) is 0. The lowest BCUT2D eigenvalue weighted by atomic mass is 10.1.